The molecule has 0 amide bonds. The highest BCUT2D eigenvalue weighted by Crippen LogP contribution is 2.22. The van der Waals surface area contributed by atoms with Crippen LogP contribution in [0.5, 0.6) is 0 Å². The zero-order chi connectivity index (χ0) is 14.7. The number of aliphatic hydroxyl groups is 1. The molecule has 2 unspecified atom stereocenters. The molecule has 0 saturated carbocycles. The summed E-state index contributed by atoms with van der Waals surface area (Å²) in [4.78, 5) is 4.17. The molecule has 2 atom stereocenters. The summed E-state index contributed by atoms with van der Waals surface area (Å²) < 4.78 is 31.3. The van der Waals surface area contributed by atoms with Gasteiger partial charge in [0.15, 0.2) is 5.82 Å². The van der Waals surface area contributed by atoms with Crippen LogP contribution in [0.4, 0.5) is 8.78 Å². The third kappa shape index (κ3) is 3.39. The Bertz CT molecular complexity index is 564. The topological polar surface area (TPSA) is 59.2 Å². The summed E-state index contributed by atoms with van der Waals surface area (Å²) in [7, 11) is 0. The molecule has 0 radical (unpaired) electrons. The van der Waals surface area contributed by atoms with Crippen LogP contribution in [0.25, 0.3) is 0 Å². The highest BCUT2D eigenvalue weighted by atomic mass is 19.1. The Balaban J connectivity index is 2.17. The predicted molar refractivity (Wildman–Crippen MR) is 68.2 cm³/mol. The van der Waals surface area contributed by atoms with E-state index in [0.29, 0.717) is 23.7 Å². The number of aliphatic hydroxyl groups excluding tert-OH is 1. The Hall–Kier alpha value is -1.82. The maximum Gasteiger partial charge on any atom is 0.232 e. The molecule has 1 N–H and O–H groups in total. The van der Waals surface area contributed by atoms with Crippen LogP contribution in [-0.2, 0) is 6.42 Å². The Morgan fingerprint density at radius 1 is 1.25 bits per heavy atom. The lowest BCUT2D eigenvalue weighted by Gasteiger charge is -2.12. The van der Waals surface area contributed by atoms with Crippen molar-refractivity contribution < 1.29 is 18.4 Å². The molecule has 0 aliphatic heterocycles. The molecular formula is C14H16F2N2O2. The van der Waals surface area contributed by atoms with E-state index in [4.69, 9.17) is 4.52 Å². The number of benzene rings is 1. The Kier molecular flexibility index (Phi) is 4.44. The van der Waals surface area contributed by atoms with Crippen molar-refractivity contribution in [2.75, 3.05) is 0 Å². The van der Waals surface area contributed by atoms with Gasteiger partial charge in [-0.25, -0.2) is 8.78 Å². The second-order valence-electron chi connectivity index (χ2n) is 4.76. The van der Waals surface area contributed by atoms with Gasteiger partial charge in [0.25, 0.3) is 0 Å². The van der Waals surface area contributed by atoms with Crippen molar-refractivity contribution in [3.8, 4) is 0 Å². The highest BCUT2D eigenvalue weighted by molar-refractivity contribution is 5.21. The molecule has 20 heavy (non-hydrogen) atoms. The molecule has 2 rings (SSSR count). The minimum Gasteiger partial charge on any atom is -0.393 e. The standard InChI is InChI=1S/C14H16F2N2O2/c1-3-12(8(2)19)14-17-13(18-20-14)6-9-4-10(15)7-11(16)5-9/h4-5,7-8,12,19H,3,6H2,1-2H3. The SMILES string of the molecule is CCC(c1nc(Cc2cc(F)cc(F)c2)no1)C(C)O. The number of rotatable bonds is 5. The zero-order valence-corrected chi connectivity index (χ0v) is 11.3. The van der Waals surface area contributed by atoms with Crippen molar-refractivity contribution >= 4 is 0 Å². The predicted octanol–water partition coefficient (Wildman–Crippen LogP) is 2.81. The van der Waals surface area contributed by atoms with E-state index in [2.05, 4.69) is 10.1 Å². The van der Waals surface area contributed by atoms with Crippen LogP contribution >= 0.6 is 0 Å². The molecule has 0 bridgehead atoms. The van der Waals surface area contributed by atoms with Gasteiger partial charge in [0, 0.05) is 12.5 Å². The summed E-state index contributed by atoms with van der Waals surface area (Å²) >= 11 is 0. The molecule has 0 saturated heterocycles. The van der Waals surface area contributed by atoms with Gasteiger partial charge >= 0.3 is 0 Å². The van der Waals surface area contributed by atoms with Crippen LogP contribution in [-0.4, -0.2) is 21.4 Å². The van der Waals surface area contributed by atoms with Gasteiger partial charge in [-0.2, -0.15) is 4.98 Å². The van der Waals surface area contributed by atoms with Crippen molar-refractivity contribution in [3.05, 3.63) is 47.1 Å². The molecule has 2 aromatic rings. The summed E-state index contributed by atoms with van der Waals surface area (Å²) in [6.45, 7) is 3.56. The van der Waals surface area contributed by atoms with Crippen LogP contribution in [0.15, 0.2) is 22.7 Å². The van der Waals surface area contributed by atoms with E-state index in [1.807, 2.05) is 6.92 Å². The third-order valence-corrected chi connectivity index (χ3v) is 3.11. The monoisotopic (exact) mass is 282 g/mol. The first kappa shape index (κ1) is 14.6. The van der Waals surface area contributed by atoms with Crippen molar-refractivity contribution in [2.45, 2.75) is 38.7 Å². The molecule has 6 heteroatoms. The maximum atomic E-state index is 13.1. The molecular weight excluding hydrogens is 266 g/mol. The van der Waals surface area contributed by atoms with Gasteiger partial charge in [0.2, 0.25) is 5.89 Å². The van der Waals surface area contributed by atoms with Gasteiger partial charge < -0.3 is 9.63 Å². The van der Waals surface area contributed by atoms with E-state index >= 15 is 0 Å². The van der Waals surface area contributed by atoms with Crippen LogP contribution in [0.2, 0.25) is 0 Å². The largest absolute Gasteiger partial charge is 0.393 e. The number of hydrogen-bond acceptors (Lipinski definition) is 4. The summed E-state index contributed by atoms with van der Waals surface area (Å²) in [6.07, 6.45) is 0.238. The second-order valence-corrected chi connectivity index (χ2v) is 4.76. The highest BCUT2D eigenvalue weighted by Gasteiger charge is 2.22. The van der Waals surface area contributed by atoms with Crippen LogP contribution < -0.4 is 0 Å². The average molecular weight is 282 g/mol. The fourth-order valence-electron chi connectivity index (χ4n) is 2.11. The molecule has 0 fully saturated rings. The third-order valence-electron chi connectivity index (χ3n) is 3.11. The van der Waals surface area contributed by atoms with E-state index in [1.54, 1.807) is 6.92 Å². The average Bonchev–Trinajstić information content (AvgIpc) is 2.76. The molecule has 0 aliphatic carbocycles. The first-order valence-electron chi connectivity index (χ1n) is 6.45. The quantitative estimate of drug-likeness (QED) is 0.916. The maximum absolute atomic E-state index is 13.1. The van der Waals surface area contributed by atoms with E-state index in [1.165, 1.54) is 12.1 Å². The fourth-order valence-corrected chi connectivity index (χ4v) is 2.11. The van der Waals surface area contributed by atoms with Gasteiger partial charge in [0.1, 0.15) is 11.6 Å². The van der Waals surface area contributed by atoms with Crippen molar-refractivity contribution in [1.82, 2.24) is 10.1 Å². The molecule has 1 aromatic heterocycles. The van der Waals surface area contributed by atoms with Gasteiger partial charge in [0.05, 0.1) is 12.0 Å². The lowest BCUT2D eigenvalue weighted by atomic mass is 10.0. The number of halogens is 2. The van der Waals surface area contributed by atoms with Crippen molar-refractivity contribution in [3.63, 3.8) is 0 Å². The minimum atomic E-state index is -0.640. The first-order chi connectivity index (χ1) is 9.49. The van der Waals surface area contributed by atoms with E-state index in [9.17, 15) is 13.9 Å². The Labute approximate surface area is 115 Å². The van der Waals surface area contributed by atoms with Gasteiger partial charge in [-0.15, -0.1) is 0 Å². The molecule has 0 spiro atoms. The number of aromatic nitrogens is 2. The summed E-state index contributed by atoms with van der Waals surface area (Å²) in [5, 5.41) is 13.4. The summed E-state index contributed by atoms with van der Waals surface area (Å²) in [5.41, 5.74) is 0.431. The molecule has 4 nitrogen and oxygen atoms in total. The number of hydrogen-bond donors (Lipinski definition) is 1. The minimum absolute atomic E-state index is 0.175. The normalized spacial score (nSPS) is 14.2. The lowest BCUT2D eigenvalue weighted by Crippen LogP contribution is -2.14. The first-order valence-corrected chi connectivity index (χ1v) is 6.45. The Morgan fingerprint density at radius 2 is 1.90 bits per heavy atom. The van der Waals surface area contributed by atoms with E-state index in [0.717, 1.165) is 6.07 Å². The lowest BCUT2D eigenvalue weighted by molar-refractivity contribution is 0.141. The molecule has 1 aromatic carbocycles. The van der Waals surface area contributed by atoms with Crippen LogP contribution in [0.3, 0.4) is 0 Å². The summed E-state index contributed by atoms with van der Waals surface area (Å²) in [6, 6.07) is 3.27. The van der Waals surface area contributed by atoms with Gasteiger partial charge in [-0.3, -0.25) is 0 Å². The van der Waals surface area contributed by atoms with Crippen molar-refractivity contribution in [2.24, 2.45) is 0 Å². The van der Waals surface area contributed by atoms with Crippen LogP contribution in [0, 0.1) is 11.6 Å². The number of nitrogens with zero attached hydrogens (tertiary/aromatic N) is 2. The van der Waals surface area contributed by atoms with Crippen molar-refractivity contribution in [1.29, 1.82) is 0 Å². The van der Waals surface area contributed by atoms with Crippen LogP contribution in [0.1, 0.15) is 43.5 Å². The smallest absolute Gasteiger partial charge is 0.232 e. The summed E-state index contributed by atoms with van der Waals surface area (Å²) in [5.74, 6) is -0.836. The van der Waals surface area contributed by atoms with Gasteiger partial charge in [-0.1, -0.05) is 12.1 Å². The molecule has 0 aliphatic rings. The van der Waals surface area contributed by atoms with E-state index < -0.39 is 17.7 Å². The van der Waals surface area contributed by atoms with Gasteiger partial charge in [-0.05, 0) is 31.0 Å². The molecule has 108 valence electrons. The fraction of sp³-hybridized carbons (Fsp3) is 0.429. The Morgan fingerprint density at radius 3 is 2.45 bits per heavy atom. The molecule has 1 heterocycles. The van der Waals surface area contributed by atoms with E-state index in [-0.39, 0.29) is 12.3 Å². The zero-order valence-electron chi connectivity index (χ0n) is 11.3. The second kappa shape index (κ2) is 6.09.